The average Bonchev–Trinajstić information content (AvgIpc) is 3.46. The van der Waals surface area contributed by atoms with Crippen molar-refractivity contribution in [2.24, 2.45) is 0 Å². The number of ether oxygens (including phenoxy) is 3. The number of allylic oxidation sites excluding steroid dienone is 10. The summed E-state index contributed by atoms with van der Waals surface area (Å²) in [6.07, 6.45) is 89.8. The summed E-state index contributed by atoms with van der Waals surface area (Å²) in [7, 11) is 0. The summed E-state index contributed by atoms with van der Waals surface area (Å²) in [6, 6.07) is 0. The highest BCUT2D eigenvalue weighted by Crippen LogP contribution is 2.18. The van der Waals surface area contributed by atoms with Gasteiger partial charge in [0.05, 0.1) is 0 Å². The van der Waals surface area contributed by atoms with E-state index in [4.69, 9.17) is 14.2 Å². The van der Waals surface area contributed by atoms with Crippen molar-refractivity contribution in [1.82, 2.24) is 0 Å². The summed E-state index contributed by atoms with van der Waals surface area (Å²) < 4.78 is 17.0. The van der Waals surface area contributed by atoms with Crippen LogP contribution in [0.3, 0.4) is 0 Å². The molecule has 0 saturated heterocycles. The number of carbonyl (C=O) groups excluding carboxylic acids is 3. The van der Waals surface area contributed by atoms with Crippen molar-refractivity contribution in [3.05, 3.63) is 60.8 Å². The maximum Gasteiger partial charge on any atom is 0.306 e. The Kier molecular flexibility index (Phi) is 67.1. The summed E-state index contributed by atoms with van der Waals surface area (Å²) in [5.74, 6) is -0.887. The van der Waals surface area contributed by atoms with E-state index in [2.05, 4.69) is 81.5 Å². The minimum absolute atomic E-state index is 0.0803. The van der Waals surface area contributed by atoms with Gasteiger partial charge in [0.15, 0.2) is 6.10 Å². The molecule has 0 aliphatic rings. The van der Waals surface area contributed by atoms with Gasteiger partial charge < -0.3 is 14.2 Å². The van der Waals surface area contributed by atoms with Crippen molar-refractivity contribution in [3.8, 4) is 0 Å². The molecule has 0 aromatic rings. The average molecular weight is 1130 g/mol. The van der Waals surface area contributed by atoms with Crippen LogP contribution in [0.15, 0.2) is 60.8 Å². The van der Waals surface area contributed by atoms with Crippen molar-refractivity contribution in [1.29, 1.82) is 0 Å². The number of unbranched alkanes of at least 4 members (excludes halogenated alkanes) is 45. The maximum absolute atomic E-state index is 13.0. The van der Waals surface area contributed by atoms with E-state index >= 15 is 0 Å². The van der Waals surface area contributed by atoms with Crippen molar-refractivity contribution in [2.75, 3.05) is 13.2 Å². The van der Waals surface area contributed by atoms with Crippen LogP contribution in [-0.4, -0.2) is 37.2 Å². The summed E-state index contributed by atoms with van der Waals surface area (Å²) in [5.41, 5.74) is 0. The molecular formula is C75H136O6. The first-order chi connectivity index (χ1) is 40.0. The normalized spacial score (nSPS) is 12.4. The molecule has 0 radical (unpaired) electrons. The van der Waals surface area contributed by atoms with Crippen molar-refractivity contribution >= 4 is 17.9 Å². The zero-order chi connectivity index (χ0) is 58.5. The predicted octanol–water partition coefficient (Wildman–Crippen LogP) is 24.7. The Balaban J connectivity index is 4.24. The lowest BCUT2D eigenvalue weighted by atomic mass is 10.0. The summed E-state index contributed by atoms with van der Waals surface area (Å²) in [6.45, 7) is 6.56. The van der Waals surface area contributed by atoms with Crippen molar-refractivity contribution in [3.63, 3.8) is 0 Å². The molecule has 0 aliphatic carbocycles. The second kappa shape index (κ2) is 69.6. The van der Waals surface area contributed by atoms with Crippen LogP contribution in [0.4, 0.5) is 0 Å². The van der Waals surface area contributed by atoms with Crippen LogP contribution >= 0.6 is 0 Å². The molecule has 0 rings (SSSR count). The van der Waals surface area contributed by atoms with Gasteiger partial charge in [-0.05, 0) is 83.5 Å². The predicted molar refractivity (Wildman–Crippen MR) is 353 cm³/mol. The van der Waals surface area contributed by atoms with Gasteiger partial charge in [0.25, 0.3) is 0 Å². The molecule has 0 aliphatic heterocycles. The molecule has 1 atom stereocenters. The lowest BCUT2D eigenvalue weighted by Gasteiger charge is -2.18. The molecule has 0 saturated carbocycles. The number of esters is 3. The third-order valence-corrected chi connectivity index (χ3v) is 16.0. The van der Waals surface area contributed by atoms with E-state index in [9.17, 15) is 14.4 Å². The van der Waals surface area contributed by atoms with E-state index < -0.39 is 6.10 Å². The fraction of sp³-hybridized carbons (Fsp3) is 0.827. The van der Waals surface area contributed by atoms with Gasteiger partial charge in [0.1, 0.15) is 13.2 Å². The van der Waals surface area contributed by atoms with Crippen LogP contribution in [-0.2, 0) is 28.6 Å². The van der Waals surface area contributed by atoms with E-state index in [1.807, 2.05) is 0 Å². The molecule has 0 bridgehead atoms. The molecule has 0 spiro atoms. The number of hydrogen-bond acceptors (Lipinski definition) is 6. The molecule has 0 aromatic carbocycles. The zero-order valence-electron chi connectivity index (χ0n) is 54.3. The molecule has 0 fully saturated rings. The van der Waals surface area contributed by atoms with Gasteiger partial charge >= 0.3 is 17.9 Å². The summed E-state index contributed by atoms with van der Waals surface area (Å²) in [4.78, 5) is 38.4. The van der Waals surface area contributed by atoms with Gasteiger partial charge in [-0.15, -0.1) is 0 Å². The fourth-order valence-corrected chi connectivity index (χ4v) is 10.7. The quantitative estimate of drug-likeness (QED) is 0.0261. The third kappa shape index (κ3) is 67.8. The van der Waals surface area contributed by atoms with Crippen LogP contribution in [0, 0.1) is 0 Å². The van der Waals surface area contributed by atoms with E-state index in [1.165, 1.54) is 250 Å². The molecule has 6 nitrogen and oxygen atoms in total. The van der Waals surface area contributed by atoms with E-state index in [1.54, 1.807) is 0 Å². The molecule has 0 heterocycles. The van der Waals surface area contributed by atoms with Gasteiger partial charge in [-0.3, -0.25) is 14.4 Å². The first-order valence-corrected chi connectivity index (χ1v) is 35.8. The van der Waals surface area contributed by atoms with Crippen LogP contribution in [0.1, 0.15) is 380 Å². The first-order valence-electron chi connectivity index (χ1n) is 35.8. The second-order valence-electron chi connectivity index (χ2n) is 24.1. The van der Waals surface area contributed by atoms with Gasteiger partial charge in [0.2, 0.25) is 0 Å². The highest BCUT2D eigenvalue weighted by atomic mass is 16.6. The Morgan fingerprint density at radius 1 is 0.259 bits per heavy atom. The molecule has 0 aromatic heterocycles. The van der Waals surface area contributed by atoms with Crippen LogP contribution in [0.5, 0.6) is 0 Å². The molecule has 1 unspecified atom stereocenters. The fourth-order valence-electron chi connectivity index (χ4n) is 10.7. The van der Waals surface area contributed by atoms with Gasteiger partial charge in [0, 0.05) is 19.3 Å². The minimum atomic E-state index is -0.786. The number of rotatable bonds is 66. The number of carbonyl (C=O) groups is 3. The first kappa shape index (κ1) is 78.1. The van der Waals surface area contributed by atoms with E-state index in [-0.39, 0.29) is 31.1 Å². The third-order valence-electron chi connectivity index (χ3n) is 16.0. The van der Waals surface area contributed by atoms with Gasteiger partial charge in [-0.25, -0.2) is 0 Å². The Hall–Kier alpha value is -2.89. The Morgan fingerprint density at radius 3 is 0.765 bits per heavy atom. The van der Waals surface area contributed by atoms with Gasteiger partial charge in [-0.1, -0.05) is 338 Å². The van der Waals surface area contributed by atoms with Crippen molar-refractivity contribution in [2.45, 2.75) is 386 Å². The minimum Gasteiger partial charge on any atom is -0.462 e. The number of hydrogen-bond donors (Lipinski definition) is 0. The second-order valence-corrected chi connectivity index (χ2v) is 24.1. The molecule has 81 heavy (non-hydrogen) atoms. The topological polar surface area (TPSA) is 78.9 Å². The van der Waals surface area contributed by atoms with Crippen molar-refractivity contribution < 1.29 is 28.6 Å². The smallest absolute Gasteiger partial charge is 0.306 e. The lowest BCUT2D eigenvalue weighted by Crippen LogP contribution is -2.30. The van der Waals surface area contributed by atoms with E-state index in [0.717, 1.165) is 89.9 Å². The highest BCUT2D eigenvalue weighted by Gasteiger charge is 2.19. The van der Waals surface area contributed by atoms with Crippen LogP contribution in [0.25, 0.3) is 0 Å². The van der Waals surface area contributed by atoms with Crippen LogP contribution < -0.4 is 0 Å². The molecule has 472 valence electrons. The van der Waals surface area contributed by atoms with Gasteiger partial charge in [-0.2, -0.15) is 0 Å². The Bertz CT molecular complexity index is 1440. The molecule has 0 N–H and O–H groups in total. The monoisotopic (exact) mass is 1130 g/mol. The van der Waals surface area contributed by atoms with E-state index in [0.29, 0.717) is 19.3 Å². The maximum atomic E-state index is 13.0. The largest absolute Gasteiger partial charge is 0.462 e. The molecule has 0 amide bonds. The zero-order valence-corrected chi connectivity index (χ0v) is 54.3. The SMILES string of the molecule is CC/C=C\C/C=C\C/C=C\CCCCCC(=O)OCC(COC(=O)CCCCCCCCCCCCCCC/C=C\C/C=C\CCCCCCC)OC(=O)CCCCCCCCCCCCCCCCCCCCCCCCCCC. The van der Waals surface area contributed by atoms with Crippen LogP contribution in [0.2, 0.25) is 0 Å². The Labute approximate surface area is 504 Å². The highest BCUT2D eigenvalue weighted by molar-refractivity contribution is 5.71. The Morgan fingerprint density at radius 2 is 0.481 bits per heavy atom. The molecule has 6 heteroatoms. The standard InChI is InChI=1S/C75H136O6/c1-4-7-10-13-16-19-22-25-27-29-31-33-35-37-39-41-43-45-47-50-53-56-59-62-65-68-74(77)80-71-72(70-79-73(76)67-64-61-58-55-52-49-24-21-18-15-12-9-6-3)81-75(78)69-66-63-60-57-54-51-48-46-44-42-40-38-36-34-32-30-28-26-23-20-17-14-11-8-5-2/h9,12,18,21-22,25,29,31,49,52,72H,4-8,10-11,13-17,19-20,23-24,26-28,30,32-48,50-51,53-71H2,1-3H3/b12-9-,21-18-,25-22-,31-29-,52-49-. The summed E-state index contributed by atoms with van der Waals surface area (Å²) in [5, 5.41) is 0. The lowest BCUT2D eigenvalue weighted by molar-refractivity contribution is -0.167. The molecular weight excluding hydrogens is 997 g/mol. The summed E-state index contributed by atoms with van der Waals surface area (Å²) >= 11 is 0.